The first kappa shape index (κ1) is 24.3. The van der Waals surface area contributed by atoms with Crippen molar-refractivity contribution in [2.75, 3.05) is 10.2 Å². The molecule has 0 aliphatic carbocycles. The Bertz CT molecular complexity index is 1750. The van der Waals surface area contributed by atoms with Gasteiger partial charge in [-0.2, -0.15) is 0 Å². The number of aromatic nitrogens is 1. The number of H-pyrrole nitrogens is 1. The minimum absolute atomic E-state index is 0.160. The number of rotatable bonds is 3. The van der Waals surface area contributed by atoms with Gasteiger partial charge >= 0.3 is 0 Å². The van der Waals surface area contributed by atoms with Crippen LogP contribution in [0.2, 0.25) is 10.0 Å². The quantitative estimate of drug-likeness (QED) is 0.303. The number of hydrogen-bond donors (Lipinski definition) is 3. The first-order chi connectivity index (χ1) is 18.7. The molecule has 4 heterocycles. The Balaban J connectivity index is 1.40. The molecule has 1 spiro atoms. The lowest BCUT2D eigenvalue weighted by Crippen LogP contribution is -2.53. The van der Waals surface area contributed by atoms with Crippen LogP contribution in [0.15, 0.2) is 60.8 Å². The molecule has 3 N–H and O–H groups in total. The van der Waals surface area contributed by atoms with E-state index in [1.807, 2.05) is 37.4 Å². The molecule has 1 aromatic heterocycles. The van der Waals surface area contributed by atoms with Crippen molar-refractivity contribution in [1.82, 2.24) is 10.3 Å². The van der Waals surface area contributed by atoms with E-state index in [1.165, 1.54) is 12.1 Å². The number of para-hydroxylation sites is 1. The molecule has 0 bridgehead atoms. The molecular weight excluding hydrogens is 542 g/mol. The van der Waals surface area contributed by atoms with Crippen molar-refractivity contribution in [2.24, 2.45) is 11.8 Å². The van der Waals surface area contributed by atoms with Crippen molar-refractivity contribution in [1.29, 1.82) is 0 Å². The lowest BCUT2D eigenvalue weighted by atomic mass is 9.76. The number of carbonyl (C=O) groups excluding carboxylic acids is 3. The second kappa shape index (κ2) is 8.39. The topological polar surface area (TPSA) is 94.3 Å². The number of halogens is 3. The molecule has 2 saturated heterocycles. The third kappa shape index (κ3) is 3.28. The first-order valence-corrected chi connectivity index (χ1v) is 13.2. The molecule has 4 aromatic rings. The molecule has 3 aliphatic heterocycles. The lowest BCUT2D eigenvalue weighted by Gasteiger charge is -2.29. The minimum Gasteiger partial charge on any atom is -0.361 e. The Morgan fingerprint density at radius 2 is 1.82 bits per heavy atom. The summed E-state index contributed by atoms with van der Waals surface area (Å²) < 4.78 is 13.9. The third-order valence-corrected chi connectivity index (χ3v) is 8.77. The van der Waals surface area contributed by atoms with Gasteiger partial charge in [-0.05, 0) is 60.9 Å². The Labute approximate surface area is 232 Å². The summed E-state index contributed by atoms with van der Waals surface area (Å²) in [4.78, 5) is 46.3. The summed E-state index contributed by atoms with van der Waals surface area (Å²) in [5.74, 6) is -4.03. The van der Waals surface area contributed by atoms with E-state index in [9.17, 15) is 18.8 Å². The van der Waals surface area contributed by atoms with Crippen LogP contribution in [-0.2, 0) is 26.3 Å². The Hall–Kier alpha value is -3.72. The highest BCUT2D eigenvalue weighted by atomic mass is 35.5. The highest BCUT2D eigenvalue weighted by Gasteiger charge is 2.70. The van der Waals surface area contributed by atoms with Gasteiger partial charge in [0.05, 0.1) is 22.5 Å². The van der Waals surface area contributed by atoms with Gasteiger partial charge in [-0.15, -0.1) is 0 Å². The van der Waals surface area contributed by atoms with Gasteiger partial charge in [0.2, 0.25) is 17.7 Å². The van der Waals surface area contributed by atoms with Gasteiger partial charge in [0.25, 0.3) is 0 Å². The zero-order valence-electron chi connectivity index (χ0n) is 20.5. The summed E-state index contributed by atoms with van der Waals surface area (Å²) in [7, 11) is 0. The number of nitrogens with one attached hydrogen (secondary N) is 3. The molecule has 3 aliphatic rings. The number of hydrogen-bond acceptors (Lipinski definition) is 4. The molecule has 3 amide bonds. The maximum absolute atomic E-state index is 14.1. The molecule has 196 valence electrons. The smallest absolute Gasteiger partial charge is 0.250 e. The summed E-state index contributed by atoms with van der Waals surface area (Å²) in [6, 6.07) is 14.4. The Morgan fingerprint density at radius 1 is 1.03 bits per heavy atom. The number of carbonyl (C=O) groups is 3. The standard InChI is InChI=1S/C29H21Cl2FN4O3/c1-13-8-15(30)10-18-25(13)34-28(39)29(18)24-23(22(35-29)9-14-12-33-21-5-3-2-4-17(14)21)26(37)36(27(24)38)16-6-7-20(32)19(31)11-16/h2-8,10-12,22-24,33,35H,9H2,1H3,(H,34,39)/t22-,23-,24-,29-/m1/s1. The fourth-order valence-electron chi connectivity index (χ4n) is 6.62. The Kier molecular flexibility index (Phi) is 5.23. The fourth-order valence-corrected chi connectivity index (χ4v) is 7.07. The summed E-state index contributed by atoms with van der Waals surface area (Å²) in [6.07, 6.45) is 2.26. The van der Waals surface area contributed by atoms with Crippen LogP contribution in [0, 0.1) is 24.6 Å². The number of aryl methyl sites for hydroxylation is 1. The van der Waals surface area contributed by atoms with Gasteiger partial charge in [0.15, 0.2) is 0 Å². The molecule has 10 heteroatoms. The molecule has 0 radical (unpaired) electrons. The second-order valence-corrected chi connectivity index (χ2v) is 11.2. The van der Waals surface area contributed by atoms with E-state index in [2.05, 4.69) is 15.6 Å². The number of amides is 3. The van der Waals surface area contributed by atoms with Gasteiger partial charge in [0.1, 0.15) is 11.4 Å². The predicted octanol–water partition coefficient (Wildman–Crippen LogP) is 5.09. The van der Waals surface area contributed by atoms with Crippen LogP contribution in [0.25, 0.3) is 10.9 Å². The average Bonchev–Trinajstić information content (AvgIpc) is 3.61. The predicted molar refractivity (Wildman–Crippen MR) is 146 cm³/mol. The zero-order valence-corrected chi connectivity index (χ0v) is 22.0. The molecule has 3 aromatic carbocycles. The van der Waals surface area contributed by atoms with E-state index in [-0.39, 0.29) is 10.7 Å². The summed E-state index contributed by atoms with van der Waals surface area (Å²) in [6.45, 7) is 1.83. The summed E-state index contributed by atoms with van der Waals surface area (Å²) in [5.41, 5.74) is 2.40. The van der Waals surface area contributed by atoms with Crippen LogP contribution >= 0.6 is 23.2 Å². The largest absolute Gasteiger partial charge is 0.361 e. The van der Waals surface area contributed by atoms with E-state index in [0.717, 1.165) is 33.0 Å². The molecule has 7 rings (SSSR count). The van der Waals surface area contributed by atoms with Crippen molar-refractivity contribution in [3.63, 3.8) is 0 Å². The minimum atomic E-state index is -1.52. The average molecular weight is 563 g/mol. The zero-order chi connectivity index (χ0) is 27.2. The van der Waals surface area contributed by atoms with E-state index in [4.69, 9.17) is 23.2 Å². The van der Waals surface area contributed by atoms with E-state index < -0.39 is 47.0 Å². The van der Waals surface area contributed by atoms with Crippen molar-refractivity contribution in [3.8, 4) is 0 Å². The van der Waals surface area contributed by atoms with Crippen LogP contribution in [0.4, 0.5) is 15.8 Å². The molecule has 0 saturated carbocycles. The fraction of sp³-hybridized carbons (Fsp3) is 0.207. The van der Waals surface area contributed by atoms with Crippen molar-refractivity contribution in [3.05, 3.63) is 93.3 Å². The number of imide groups is 1. The second-order valence-electron chi connectivity index (χ2n) is 10.3. The molecular formula is C29H21Cl2FN4O3. The van der Waals surface area contributed by atoms with E-state index in [1.54, 1.807) is 12.1 Å². The lowest BCUT2D eigenvalue weighted by molar-refractivity contribution is -0.130. The van der Waals surface area contributed by atoms with Crippen LogP contribution in [-0.4, -0.2) is 28.7 Å². The normalized spacial score (nSPS) is 25.6. The van der Waals surface area contributed by atoms with Crippen molar-refractivity contribution < 1.29 is 18.8 Å². The van der Waals surface area contributed by atoms with Crippen LogP contribution < -0.4 is 15.5 Å². The Morgan fingerprint density at radius 3 is 2.62 bits per heavy atom. The third-order valence-electron chi connectivity index (χ3n) is 8.26. The number of fused-ring (bicyclic) bond motifs is 5. The van der Waals surface area contributed by atoms with Crippen LogP contribution in [0.1, 0.15) is 16.7 Å². The van der Waals surface area contributed by atoms with Crippen LogP contribution in [0.5, 0.6) is 0 Å². The number of nitrogens with zero attached hydrogens (tertiary/aromatic N) is 1. The maximum atomic E-state index is 14.1. The monoisotopic (exact) mass is 562 g/mol. The molecule has 39 heavy (non-hydrogen) atoms. The number of benzene rings is 3. The van der Waals surface area contributed by atoms with Gasteiger partial charge in [-0.25, -0.2) is 9.29 Å². The van der Waals surface area contributed by atoms with Crippen molar-refractivity contribution in [2.45, 2.75) is 24.9 Å². The van der Waals surface area contributed by atoms with Gasteiger partial charge < -0.3 is 10.3 Å². The molecule has 0 unspecified atom stereocenters. The summed E-state index contributed by atoms with van der Waals surface area (Å²) >= 11 is 12.5. The van der Waals surface area contributed by atoms with Gasteiger partial charge in [-0.1, -0.05) is 41.4 Å². The highest BCUT2D eigenvalue weighted by molar-refractivity contribution is 6.32. The number of anilines is 2. The summed E-state index contributed by atoms with van der Waals surface area (Å²) in [5, 5.41) is 7.58. The van der Waals surface area contributed by atoms with Gasteiger partial charge in [0, 0.05) is 39.4 Å². The molecule has 2 fully saturated rings. The van der Waals surface area contributed by atoms with Crippen LogP contribution in [0.3, 0.4) is 0 Å². The molecule has 7 nitrogen and oxygen atoms in total. The number of aromatic amines is 1. The van der Waals surface area contributed by atoms with Gasteiger partial charge in [-0.3, -0.25) is 19.7 Å². The van der Waals surface area contributed by atoms with E-state index >= 15 is 0 Å². The van der Waals surface area contributed by atoms with Crippen molar-refractivity contribution >= 4 is 63.2 Å². The van der Waals surface area contributed by atoms with E-state index in [0.29, 0.717) is 22.7 Å². The SMILES string of the molecule is Cc1cc(Cl)cc2c1NC(=O)[C@@]21N[C@H](Cc2c[nH]c3ccccc23)[C@H]2C(=O)N(c3ccc(F)c(Cl)c3)C(=O)[C@@H]21. The first-order valence-electron chi connectivity index (χ1n) is 12.5. The highest BCUT2D eigenvalue weighted by Crippen LogP contribution is 2.55. The maximum Gasteiger partial charge on any atom is 0.250 e. The molecule has 4 atom stereocenters.